The lowest BCUT2D eigenvalue weighted by atomic mass is 10.1. The zero-order valence-corrected chi connectivity index (χ0v) is 40.0. The van der Waals surface area contributed by atoms with Crippen molar-refractivity contribution < 1.29 is 38.1 Å². The Labute approximate surface area is 403 Å². The lowest BCUT2D eigenvalue weighted by Gasteiger charge is -2.08. The molecule has 0 aliphatic rings. The maximum Gasteiger partial charge on any atom is 0.343 e. The molecule has 0 fully saturated rings. The van der Waals surface area contributed by atoms with Crippen LogP contribution in [0.1, 0.15) is 182 Å². The summed E-state index contributed by atoms with van der Waals surface area (Å²) in [6, 6.07) is 33.8. The molecule has 0 saturated carbocycles. The van der Waals surface area contributed by atoms with Crippen molar-refractivity contribution in [1.82, 2.24) is 0 Å². The van der Waals surface area contributed by atoms with E-state index in [-0.39, 0.29) is 23.4 Å². The van der Waals surface area contributed by atoms with Crippen LogP contribution in [-0.4, -0.2) is 49.5 Å². The quantitative estimate of drug-likeness (QED) is 0.0193. The second kappa shape index (κ2) is 30.6. The first-order chi connectivity index (χ1) is 33.3. The molecule has 0 saturated heterocycles. The van der Waals surface area contributed by atoms with Gasteiger partial charge in [0.25, 0.3) is 0 Å². The number of aliphatic imine (C=N–C) groups is 2. The molecule has 10 heteroatoms. The Bertz CT molecular complexity index is 2170. The van der Waals surface area contributed by atoms with Gasteiger partial charge in [-0.05, 0) is 109 Å². The fraction of sp³-hybridized carbons (Fsp3) is 0.379. The lowest BCUT2D eigenvalue weighted by molar-refractivity contribution is 0.0488. The smallest absolute Gasteiger partial charge is 0.343 e. The Hall–Kier alpha value is -6.68. The van der Waals surface area contributed by atoms with E-state index >= 15 is 0 Å². The highest BCUT2D eigenvalue weighted by molar-refractivity contribution is 5.94. The summed E-state index contributed by atoms with van der Waals surface area (Å²) in [6.45, 7) is 5.32. The molecule has 0 aromatic heterocycles. The molecular weight excluding hydrogens is 853 g/mol. The number of benzene rings is 5. The van der Waals surface area contributed by atoms with Gasteiger partial charge in [0, 0.05) is 18.5 Å². The Kier molecular flexibility index (Phi) is 23.5. The SMILES string of the molecule is CCCCCCCCCCCOC(=O)c1ccc(C=Nc2ccc(C(=O)Oc3cccc(OC(=O)c4ccc(N=Cc5ccc(C(=O)OCCCCCCCCCCC)cc5)cc4)c3)cc2)cc1. The minimum Gasteiger partial charge on any atom is -0.462 e. The third-order valence-electron chi connectivity index (χ3n) is 11.4. The van der Waals surface area contributed by atoms with Crippen molar-refractivity contribution in [2.75, 3.05) is 13.2 Å². The van der Waals surface area contributed by atoms with Gasteiger partial charge < -0.3 is 18.9 Å². The van der Waals surface area contributed by atoms with E-state index in [0.717, 1.165) is 36.8 Å². The van der Waals surface area contributed by atoms with Crippen LogP contribution >= 0.6 is 0 Å². The van der Waals surface area contributed by atoms with Crippen LogP contribution in [0, 0.1) is 0 Å². The van der Waals surface area contributed by atoms with Crippen LogP contribution < -0.4 is 9.47 Å². The number of carbonyl (C=O) groups is 4. The van der Waals surface area contributed by atoms with Gasteiger partial charge >= 0.3 is 23.9 Å². The van der Waals surface area contributed by atoms with Crippen LogP contribution in [0.5, 0.6) is 11.5 Å². The number of carbonyl (C=O) groups excluding carboxylic acids is 4. The Balaban J connectivity index is 0.993. The third kappa shape index (κ3) is 19.7. The number of unbranched alkanes of at least 4 members (excludes halogenated alkanes) is 16. The molecule has 5 aromatic rings. The van der Waals surface area contributed by atoms with Crippen LogP contribution in [0.4, 0.5) is 11.4 Å². The molecule has 0 aliphatic carbocycles. The molecule has 0 radical (unpaired) electrons. The van der Waals surface area contributed by atoms with E-state index in [2.05, 4.69) is 23.8 Å². The summed E-state index contributed by atoms with van der Waals surface area (Å²) >= 11 is 0. The van der Waals surface area contributed by atoms with Gasteiger partial charge in [0.05, 0.1) is 46.8 Å². The highest BCUT2D eigenvalue weighted by Gasteiger charge is 2.13. The summed E-state index contributed by atoms with van der Waals surface area (Å²) < 4.78 is 22.1. The van der Waals surface area contributed by atoms with Gasteiger partial charge in [0.2, 0.25) is 0 Å². The van der Waals surface area contributed by atoms with E-state index < -0.39 is 11.9 Å². The van der Waals surface area contributed by atoms with Crippen molar-refractivity contribution >= 4 is 47.7 Å². The van der Waals surface area contributed by atoms with E-state index in [1.807, 2.05) is 24.3 Å². The fourth-order valence-electron chi connectivity index (χ4n) is 7.33. The largest absolute Gasteiger partial charge is 0.462 e. The molecule has 0 spiro atoms. The summed E-state index contributed by atoms with van der Waals surface area (Å²) in [4.78, 5) is 59.9. The van der Waals surface area contributed by atoms with E-state index in [9.17, 15) is 19.2 Å². The molecule has 0 N–H and O–H groups in total. The molecular formula is C58H68N2O8. The maximum atomic E-state index is 13.0. The predicted octanol–water partition coefficient (Wildman–Crippen LogP) is 15.0. The second-order valence-electron chi connectivity index (χ2n) is 17.0. The van der Waals surface area contributed by atoms with Crippen LogP contribution in [0.15, 0.2) is 131 Å². The maximum absolute atomic E-state index is 13.0. The van der Waals surface area contributed by atoms with E-state index in [1.165, 1.54) is 96.0 Å². The minimum atomic E-state index is -0.585. The molecule has 0 heterocycles. The molecule has 0 bridgehead atoms. The molecule has 10 nitrogen and oxygen atoms in total. The molecule has 0 aliphatic heterocycles. The highest BCUT2D eigenvalue weighted by Crippen LogP contribution is 2.24. The number of nitrogens with zero attached hydrogens (tertiary/aromatic N) is 2. The van der Waals surface area contributed by atoms with Crippen LogP contribution in [0.3, 0.4) is 0 Å². The molecule has 0 atom stereocenters. The van der Waals surface area contributed by atoms with Gasteiger partial charge in [-0.15, -0.1) is 0 Å². The Morgan fingerprint density at radius 1 is 0.382 bits per heavy atom. The normalized spacial score (nSPS) is 11.2. The zero-order valence-electron chi connectivity index (χ0n) is 40.0. The number of hydrogen-bond acceptors (Lipinski definition) is 10. The molecule has 358 valence electrons. The summed E-state index contributed by atoms with van der Waals surface area (Å²) in [5.74, 6) is -1.40. The van der Waals surface area contributed by atoms with E-state index in [0.29, 0.717) is 46.8 Å². The van der Waals surface area contributed by atoms with Crippen molar-refractivity contribution in [3.05, 3.63) is 155 Å². The minimum absolute atomic E-state index is 0.210. The van der Waals surface area contributed by atoms with Crippen molar-refractivity contribution in [1.29, 1.82) is 0 Å². The average Bonchev–Trinajstić information content (AvgIpc) is 3.36. The van der Waals surface area contributed by atoms with Crippen LogP contribution in [0.2, 0.25) is 0 Å². The molecule has 68 heavy (non-hydrogen) atoms. The fourth-order valence-corrected chi connectivity index (χ4v) is 7.33. The van der Waals surface area contributed by atoms with Crippen molar-refractivity contribution in [2.45, 2.75) is 129 Å². The first kappa shape index (κ1) is 52.3. The third-order valence-corrected chi connectivity index (χ3v) is 11.4. The van der Waals surface area contributed by atoms with Crippen LogP contribution in [0.25, 0.3) is 0 Å². The summed E-state index contributed by atoms with van der Waals surface area (Å²) in [5.41, 5.74) is 4.51. The zero-order chi connectivity index (χ0) is 48.0. The number of hydrogen-bond donors (Lipinski definition) is 0. The van der Waals surface area contributed by atoms with Crippen molar-refractivity contribution in [3.8, 4) is 11.5 Å². The number of rotatable bonds is 30. The molecule has 0 amide bonds. The first-order valence-corrected chi connectivity index (χ1v) is 24.7. The van der Waals surface area contributed by atoms with E-state index in [1.54, 1.807) is 103 Å². The first-order valence-electron chi connectivity index (χ1n) is 24.7. The summed E-state index contributed by atoms with van der Waals surface area (Å²) in [6.07, 6.45) is 25.1. The van der Waals surface area contributed by atoms with Gasteiger partial charge in [-0.3, -0.25) is 9.98 Å². The number of ether oxygens (including phenoxy) is 4. The Morgan fingerprint density at radius 2 is 0.691 bits per heavy atom. The van der Waals surface area contributed by atoms with E-state index in [4.69, 9.17) is 18.9 Å². The van der Waals surface area contributed by atoms with Crippen molar-refractivity contribution in [2.24, 2.45) is 9.98 Å². The van der Waals surface area contributed by atoms with Crippen LogP contribution in [-0.2, 0) is 9.47 Å². The van der Waals surface area contributed by atoms with Crippen molar-refractivity contribution in [3.63, 3.8) is 0 Å². The highest BCUT2D eigenvalue weighted by atomic mass is 16.5. The molecule has 0 unspecified atom stereocenters. The second-order valence-corrected chi connectivity index (χ2v) is 17.0. The van der Waals surface area contributed by atoms with Gasteiger partial charge in [-0.2, -0.15) is 0 Å². The molecule has 5 rings (SSSR count). The number of esters is 4. The van der Waals surface area contributed by atoms with Gasteiger partial charge in [-0.1, -0.05) is 147 Å². The average molecular weight is 921 g/mol. The van der Waals surface area contributed by atoms with Gasteiger partial charge in [-0.25, -0.2) is 19.2 Å². The van der Waals surface area contributed by atoms with Gasteiger partial charge in [0.1, 0.15) is 11.5 Å². The lowest BCUT2D eigenvalue weighted by Crippen LogP contribution is -2.10. The standard InChI is InChI=1S/C58H68N2O8/c1-3-5-7-9-11-13-15-17-19-40-65-55(61)47-28-24-45(25-29-47)43-59-51-36-32-49(33-37-51)57(63)67-53-22-21-23-54(42-53)68-58(64)50-34-38-52(39-35-50)60-44-46-26-30-48(31-27-46)56(62)66-41-20-18-16-14-12-10-8-6-4-2/h21-39,42-44H,3-20,40-41H2,1-2H3. The predicted molar refractivity (Wildman–Crippen MR) is 272 cm³/mol. The van der Waals surface area contributed by atoms with Gasteiger partial charge in [0.15, 0.2) is 0 Å². The Morgan fingerprint density at radius 3 is 1.04 bits per heavy atom. The monoisotopic (exact) mass is 920 g/mol. The summed E-state index contributed by atoms with van der Waals surface area (Å²) in [7, 11) is 0. The summed E-state index contributed by atoms with van der Waals surface area (Å²) in [5, 5.41) is 0. The topological polar surface area (TPSA) is 130 Å². The molecule has 5 aromatic carbocycles.